The second kappa shape index (κ2) is 6.25. The fourth-order valence-corrected chi connectivity index (χ4v) is 2.54. The first-order chi connectivity index (χ1) is 11.8. The molecule has 0 fully saturated rings. The Morgan fingerprint density at radius 1 is 1.08 bits per heavy atom. The Bertz CT molecular complexity index is 934. The van der Waals surface area contributed by atoms with Gasteiger partial charge < -0.3 is 5.11 Å². The highest BCUT2D eigenvalue weighted by Crippen LogP contribution is 2.32. The predicted molar refractivity (Wildman–Crippen MR) is 86.0 cm³/mol. The van der Waals surface area contributed by atoms with Crippen molar-refractivity contribution in [2.75, 3.05) is 0 Å². The highest BCUT2D eigenvalue weighted by molar-refractivity contribution is 6.33. The van der Waals surface area contributed by atoms with Crippen LogP contribution in [0.1, 0.15) is 16.1 Å². The molecule has 25 heavy (non-hydrogen) atoms. The van der Waals surface area contributed by atoms with Gasteiger partial charge in [-0.15, -0.1) is 0 Å². The van der Waals surface area contributed by atoms with Gasteiger partial charge in [0, 0.05) is 17.4 Å². The number of carbonyl (C=O) groups is 1. The Balaban J connectivity index is 2.15. The Hall–Kier alpha value is -2.80. The predicted octanol–water partition coefficient (Wildman–Crippen LogP) is 4.91. The lowest BCUT2D eigenvalue weighted by Gasteiger charge is -2.11. The topological polar surface area (TPSA) is 55.1 Å². The Kier molecular flexibility index (Phi) is 4.26. The number of benzene rings is 2. The maximum Gasteiger partial charge on any atom is 0.416 e. The maximum atomic E-state index is 12.7. The van der Waals surface area contributed by atoms with E-state index >= 15 is 0 Å². The molecule has 8 heteroatoms. The summed E-state index contributed by atoms with van der Waals surface area (Å²) in [6.45, 7) is 0. The molecule has 0 unspecified atom stereocenters. The Morgan fingerprint density at radius 3 is 2.28 bits per heavy atom. The number of halogens is 4. The molecular weight excluding hydrogens is 357 g/mol. The third kappa shape index (κ3) is 3.36. The molecule has 1 N–H and O–H groups in total. The van der Waals surface area contributed by atoms with E-state index in [1.165, 1.54) is 22.9 Å². The van der Waals surface area contributed by atoms with Gasteiger partial charge in [-0.25, -0.2) is 9.78 Å². The summed E-state index contributed by atoms with van der Waals surface area (Å²) in [4.78, 5) is 15.3. The lowest BCUT2D eigenvalue weighted by atomic mass is 10.2. The van der Waals surface area contributed by atoms with Gasteiger partial charge in [0.15, 0.2) is 5.69 Å². The SMILES string of the molecule is O=C(O)c1cn(-c2ccc(C(F)(F)F)cc2)c(-c2ccccc2Cl)n1. The van der Waals surface area contributed by atoms with Crippen LogP contribution in [-0.2, 0) is 6.18 Å². The Labute approximate surface area is 145 Å². The van der Waals surface area contributed by atoms with E-state index in [1.54, 1.807) is 24.3 Å². The van der Waals surface area contributed by atoms with Crippen LogP contribution in [0.15, 0.2) is 54.7 Å². The minimum absolute atomic E-state index is 0.225. The fourth-order valence-electron chi connectivity index (χ4n) is 2.32. The molecule has 0 bridgehead atoms. The molecule has 0 aliphatic rings. The van der Waals surface area contributed by atoms with Crippen LogP contribution in [-0.4, -0.2) is 20.6 Å². The number of hydrogen-bond acceptors (Lipinski definition) is 2. The van der Waals surface area contributed by atoms with Crippen LogP contribution in [0, 0.1) is 0 Å². The average Bonchev–Trinajstić information content (AvgIpc) is 3.00. The molecule has 0 saturated heterocycles. The highest BCUT2D eigenvalue weighted by Gasteiger charge is 2.30. The van der Waals surface area contributed by atoms with E-state index < -0.39 is 17.7 Å². The summed E-state index contributed by atoms with van der Waals surface area (Å²) in [5.74, 6) is -1.03. The van der Waals surface area contributed by atoms with E-state index in [9.17, 15) is 23.1 Å². The zero-order chi connectivity index (χ0) is 18.2. The zero-order valence-electron chi connectivity index (χ0n) is 12.5. The van der Waals surface area contributed by atoms with Gasteiger partial charge in [-0.3, -0.25) is 4.57 Å². The number of carboxylic acid groups (broad SMARTS) is 1. The first-order valence-corrected chi connectivity index (χ1v) is 7.40. The van der Waals surface area contributed by atoms with Crippen molar-refractivity contribution in [2.45, 2.75) is 6.18 Å². The molecular formula is C17H10ClF3N2O2. The van der Waals surface area contributed by atoms with E-state index in [0.717, 1.165) is 12.1 Å². The average molecular weight is 367 g/mol. The highest BCUT2D eigenvalue weighted by atomic mass is 35.5. The van der Waals surface area contributed by atoms with Crippen molar-refractivity contribution in [3.63, 3.8) is 0 Å². The van der Waals surface area contributed by atoms with E-state index in [0.29, 0.717) is 16.3 Å². The molecule has 0 aliphatic heterocycles. The number of aromatic carboxylic acids is 1. The van der Waals surface area contributed by atoms with Crippen molar-refractivity contribution in [1.29, 1.82) is 0 Å². The van der Waals surface area contributed by atoms with Crippen LogP contribution < -0.4 is 0 Å². The lowest BCUT2D eigenvalue weighted by molar-refractivity contribution is -0.137. The van der Waals surface area contributed by atoms with Crippen LogP contribution in [0.5, 0.6) is 0 Å². The molecule has 0 aliphatic carbocycles. The van der Waals surface area contributed by atoms with Crippen LogP contribution in [0.25, 0.3) is 17.1 Å². The number of nitrogens with zero attached hydrogens (tertiary/aromatic N) is 2. The van der Waals surface area contributed by atoms with E-state index in [1.807, 2.05) is 0 Å². The number of carboxylic acids is 1. The van der Waals surface area contributed by atoms with Crippen LogP contribution in [0.3, 0.4) is 0 Å². The first-order valence-electron chi connectivity index (χ1n) is 7.02. The monoisotopic (exact) mass is 366 g/mol. The molecule has 4 nitrogen and oxygen atoms in total. The molecule has 1 aromatic heterocycles. The number of hydrogen-bond donors (Lipinski definition) is 1. The van der Waals surface area contributed by atoms with Gasteiger partial charge in [-0.05, 0) is 36.4 Å². The molecule has 0 spiro atoms. The summed E-state index contributed by atoms with van der Waals surface area (Å²) < 4.78 is 39.5. The molecule has 0 radical (unpaired) electrons. The van der Waals surface area contributed by atoms with Crippen molar-refractivity contribution in [3.05, 3.63) is 71.0 Å². The normalized spacial score (nSPS) is 11.5. The molecule has 0 saturated carbocycles. The van der Waals surface area contributed by atoms with Crippen LogP contribution in [0.4, 0.5) is 13.2 Å². The van der Waals surface area contributed by atoms with Gasteiger partial charge in [0.25, 0.3) is 0 Å². The summed E-state index contributed by atoms with van der Waals surface area (Å²) in [6.07, 6.45) is -3.21. The molecule has 1 heterocycles. The number of imidazole rings is 1. The smallest absolute Gasteiger partial charge is 0.416 e. The van der Waals surface area contributed by atoms with Crippen molar-refractivity contribution in [1.82, 2.24) is 9.55 Å². The summed E-state index contributed by atoms with van der Waals surface area (Å²) >= 11 is 6.14. The summed E-state index contributed by atoms with van der Waals surface area (Å²) in [5.41, 5.74) is -0.233. The van der Waals surface area contributed by atoms with E-state index in [2.05, 4.69) is 4.98 Å². The molecule has 2 aromatic carbocycles. The second-order valence-electron chi connectivity index (χ2n) is 5.15. The van der Waals surface area contributed by atoms with Gasteiger partial charge in [-0.1, -0.05) is 23.7 Å². The fraction of sp³-hybridized carbons (Fsp3) is 0.0588. The quantitative estimate of drug-likeness (QED) is 0.716. The maximum absolute atomic E-state index is 12.7. The zero-order valence-corrected chi connectivity index (χ0v) is 13.2. The van der Waals surface area contributed by atoms with Gasteiger partial charge in [0.1, 0.15) is 5.82 Å². The Morgan fingerprint density at radius 2 is 1.72 bits per heavy atom. The third-order valence-electron chi connectivity index (χ3n) is 3.51. The molecule has 3 rings (SSSR count). The van der Waals surface area contributed by atoms with Gasteiger partial charge >= 0.3 is 12.1 Å². The summed E-state index contributed by atoms with van der Waals surface area (Å²) in [6, 6.07) is 11.0. The molecule has 128 valence electrons. The third-order valence-corrected chi connectivity index (χ3v) is 3.84. The van der Waals surface area contributed by atoms with Gasteiger partial charge in [0.2, 0.25) is 0 Å². The van der Waals surface area contributed by atoms with Crippen molar-refractivity contribution in [2.24, 2.45) is 0 Å². The van der Waals surface area contributed by atoms with Gasteiger partial charge in [0.05, 0.1) is 10.6 Å². The van der Waals surface area contributed by atoms with Crippen molar-refractivity contribution < 1.29 is 23.1 Å². The minimum Gasteiger partial charge on any atom is -0.476 e. The lowest BCUT2D eigenvalue weighted by Crippen LogP contribution is -2.05. The summed E-state index contributed by atoms with van der Waals surface area (Å²) in [5, 5.41) is 9.52. The number of aromatic nitrogens is 2. The molecule has 0 amide bonds. The minimum atomic E-state index is -4.45. The standard InChI is InChI=1S/C17H10ClF3N2O2/c18-13-4-2-1-3-12(13)15-22-14(16(24)25)9-23(15)11-7-5-10(6-8-11)17(19,20)21/h1-9H,(H,24,25). The van der Waals surface area contributed by atoms with Crippen molar-refractivity contribution in [3.8, 4) is 17.1 Å². The van der Waals surface area contributed by atoms with Crippen molar-refractivity contribution >= 4 is 17.6 Å². The van der Waals surface area contributed by atoms with E-state index in [4.69, 9.17) is 11.6 Å². The first kappa shape index (κ1) is 17.0. The number of rotatable bonds is 3. The largest absolute Gasteiger partial charge is 0.476 e. The number of alkyl halides is 3. The van der Waals surface area contributed by atoms with E-state index in [-0.39, 0.29) is 11.5 Å². The molecule has 0 atom stereocenters. The van der Waals surface area contributed by atoms with Crippen LogP contribution >= 0.6 is 11.6 Å². The van der Waals surface area contributed by atoms with Gasteiger partial charge in [-0.2, -0.15) is 13.2 Å². The summed E-state index contributed by atoms with van der Waals surface area (Å²) in [7, 11) is 0. The molecule has 3 aromatic rings. The van der Waals surface area contributed by atoms with Crippen LogP contribution in [0.2, 0.25) is 5.02 Å². The second-order valence-corrected chi connectivity index (χ2v) is 5.56.